The van der Waals surface area contributed by atoms with Crippen molar-refractivity contribution in [1.82, 2.24) is 9.80 Å². The van der Waals surface area contributed by atoms with Gasteiger partial charge in [-0.15, -0.1) is 0 Å². The first-order valence-electron chi connectivity index (χ1n) is 9.33. The quantitative estimate of drug-likeness (QED) is 0.727. The van der Waals surface area contributed by atoms with Gasteiger partial charge >= 0.3 is 0 Å². The Kier molecular flexibility index (Phi) is 5.71. The highest BCUT2D eigenvalue weighted by atomic mass is 15.2. The molecule has 4 nitrogen and oxygen atoms in total. The molecule has 4 aliphatic rings. The topological polar surface area (TPSA) is 31.2 Å². The molecule has 0 aliphatic carbocycles. The van der Waals surface area contributed by atoms with Gasteiger partial charge in [-0.1, -0.05) is 52.0 Å². The number of hydrogen-bond donors (Lipinski definition) is 0. The molecule has 0 aromatic carbocycles. The van der Waals surface area contributed by atoms with Crippen molar-refractivity contribution in [2.24, 2.45) is 21.8 Å². The largest absolute Gasteiger partial charge is 0.329 e. The summed E-state index contributed by atoms with van der Waals surface area (Å²) in [7, 11) is 0. The SMILES string of the molecule is CC(C)C1=CN2CC=CC=C2N=C1.CC(C)C1=CN2CC=CC=C2N=C1. The number of fused-ring (bicyclic) bond motifs is 2. The Morgan fingerprint density at radius 2 is 1.15 bits per heavy atom. The lowest BCUT2D eigenvalue weighted by Gasteiger charge is -2.26. The third-order valence-electron chi connectivity index (χ3n) is 4.59. The predicted molar refractivity (Wildman–Crippen MR) is 111 cm³/mol. The molecular weight excluding hydrogens is 320 g/mol. The van der Waals surface area contributed by atoms with Crippen molar-refractivity contribution in [3.63, 3.8) is 0 Å². The summed E-state index contributed by atoms with van der Waals surface area (Å²) in [5, 5.41) is 0. The van der Waals surface area contributed by atoms with Crippen molar-refractivity contribution in [1.29, 1.82) is 0 Å². The summed E-state index contributed by atoms with van der Waals surface area (Å²) in [6.07, 6.45) is 20.8. The van der Waals surface area contributed by atoms with Crippen LogP contribution >= 0.6 is 0 Å². The van der Waals surface area contributed by atoms with Crippen molar-refractivity contribution in [3.8, 4) is 0 Å². The second kappa shape index (κ2) is 8.17. The van der Waals surface area contributed by atoms with Crippen molar-refractivity contribution < 1.29 is 0 Å². The predicted octanol–water partition coefficient (Wildman–Crippen LogP) is 4.65. The molecule has 4 aliphatic heterocycles. The average molecular weight is 348 g/mol. The zero-order valence-corrected chi connectivity index (χ0v) is 16.1. The average Bonchev–Trinajstić information content (AvgIpc) is 2.67. The molecule has 0 amide bonds. The second-order valence-electron chi connectivity index (χ2n) is 7.29. The molecule has 0 saturated carbocycles. The molecule has 4 rings (SSSR count). The number of nitrogens with zero attached hydrogens (tertiary/aromatic N) is 4. The van der Waals surface area contributed by atoms with E-state index >= 15 is 0 Å². The van der Waals surface area contributed by atoms with Crippen LogP contribution in [0.2, 0.25) is 0 Å². The number of hydrogen-bond acceptors (Lipinski definition) is 4. The minimum atomic E-state index is 0.552. The van der Waals surface area contributed by atoms with Crippen LogP contribution in [0.5, 0.6) is 0 Å². The van der Waals surface area contributed by atoms with Crippen LogP contribution in [0.15, 0.2) is 81.6 Å². The Bertz CT molecular complexity index is 704. The van der Waals surface area contributed by atoms with E-state index in [4.69, 9.17) is 0 Å². The first-order valence-corrected chi connectivity index (χ1v) is 9.33. The normalized spacial score (nSPS) is 20.1. The van der Waals surface area contributed by atoms with Gasteiger partial charge in [0.15, 0.2) is 0 Å². The van der Waals surface area contributed by atoms with Crippen LogP contribution in [0.3, 0.4) is 0 Å². The molecule has 0 fully saturated rings. The van der Waals surface area contributed by atoms with E-state index < -0.39 is 0 Å². The smallest absolute Gasteiger partial charge is 0.132 e. The van der Waals surface area contributed by atoms with Gasteiger partial charge in [-0.2, -0.15) is 0 Å². The van der Waals surface area contributed by atoms with Crippen molar-refractivity contribution in [3.05, 3.63) is 71.6 Å². The van der Waals surface area contributed by atoms with E-state index in [-0.39, 0.29) is 0 Å². The van der Waals surface area contributed by atoms with E-state index in [0.717, 1.165) is 24.7 Å². The molecule has 0 bridgehead atoms. The molecule has 0 saturated heterocycles. The van der Waals surface area contributed by atoms with Crippen LogP contribution in [0.4, 0.5) is 0 Å². The summed E-state index contributed by atoms with van der Waals surface area (Å²) < 4.78 is 0. The molecule has 0 atom stereocenters. The molecule has 0 aromatic rings. The minimum Gasteiger partial charge on any atom is -0.329 e. The Morgan fingerprint density at radius 3 is 1.54 bits per heavy atom. The summed E-state index contributed by atoms with van der Waals surface area (Å²) >= 11 is 0. The Labute approximate surface area is 157 Å². The van der Waals surface area contributed by atoms with Gasteiger partial charge in [0.25, 0.3) is 0 Å². The van der Waals surface area contributed by atoms with E-state index in [2.05, 4.69) is 84.2 Å². The third kappa shape index (κ3) is 4.31. The molecule has 0 N–H and O–H groups in total. The fourth-order valence-electron chi connectivity index (χ4n) is 2.81. The van der Waals surface area contributed by atoms with E-state index in [1.807, 2.05) is 24.6 Å². The molecule has 0 unspecified atom stereocenters. The van der Waals surface area contributed by atoms with Gasteiger partial charge in [0, 0.05) is 37.9 Å². The fraction of sp³-hybridized carbons (Fsp3) is 0.364. The summed E-state index contributed by atoms with van der Waals surface area (Å²) in [6.45, 7) is 10.6. The van der Waals surface area contributed by atoms with Gasteiger partial charge in [-0.05, 0) is 35.1 Å². The highest BCUT2D eigenvalue weighted by molar-refractivity contribution is 5.81. The lowest BCUT2D eigenvalue weighted by molar-refractivity contribution is 0.491. The molecular formula is C22H28N4. The third-order valence-corrected chi connectivity index (χ3v) is 4.59. The Balaban J connectivity index is 0.000000151. The Hall–Kier alpha value is -2.62. The van der Waals surface area contributed by atoms with Crippen molar-refractivity contribution >= 4 is 12.4 Å². The monoisotopic (exact) mass is 348 g/mol. The second-order valence-corrected chi connectivity index (χ2v) is 7.29. The van der Waals surface area contributed by atoms with Gasteiger partial charge in [0.1, 0.15) is 11.6 Å². The van der Waals surface area contributed by atoms with Crippen LogP contribution < -0.4 is 0 Å². The lowest BCUT2D eigenvalue weighted by atomic mass is 10.0. The molecule has 0 aromatic heterocycles. The number of aliphatic imine (C=N–C) groups is 2. The highest BCUT2D eigenvalue weighted by Gasteiger charge is 2.14. The zero-order chi connectivity index (χ0) is 18.5. The fourth-order valence-corrected chi connectivity index (χ4v) is 2.81. The summed E-state index contributed by atoms with van der Waals surface area (Å²) in [6, 6.07) is 0. The van der Waals surface area contributed by atoms with Crippen molar-refractivity contribution in [2.75, 3.05) is 13.1 Å². The molecule has 0 spiro atoms. The number of allylic oxidation sites excluding steroid dienone is 6. The van der Waals surface area contributed by atoms with Gasteiger partial charge in [0.05, 0.1) is 0 Å². The van der Waals surface area contributed by atoms with Crippen LogP contribution in [0.25, 0.3) is 0 Å². The van der Waals surface area contributed by atoms with E-state index in [1.165, 1.54) is 11.1 Å². The number of rotatable bonds is 2. The maximum absolute atomic E-state index is 4.40. The Morgan fingerprint density at radius 1 is 0.731 bits per heavy atom. The van der Waals surface area contributed by atoms with Gasteiger partial charge < -0.3 is 9.80 Å². The minimum absolute atomic E-state index is 0.552. The first-order chi connectivity index (χ1) is 12.5. The van der Waals surface area contributed by atoms with Crippen LogP contribution in [0.1, 0.15) is 27.7 Å². The van der Waals surface area contributed by atoms with E-state index in [1.54, 1.807) is 0 Å². The van der Waals surface area contributed by atoms with Crippen LogP contribution in [0, 0.1) is 11.8 Å². The van der Waals surface area contributed by atoms with Gasteiger partial charge in [-0.3, -0.25) is 0 Å². The standard InChI is InChI=1S/2C11H14N2/c2*1-9(2)10-7-12-11-5-3-4-6-13(11)8-10/h2*3-5,7-9H,6H2,1-2H3. The van der Waals surface area contributed by atoms with E-state index in [0.29, 0.717) is 11.8 Å². The maximum atomic E-state index is 4.40. The van der Waals surface area contributed by atoms with Gasteiger partial charge in [0.2, 0.25) is 0 Å². The lowest BCUT2D eigenvalue weighted by Crippen LogP contribution is -2.22. The molecule has 0 radical (unpaired) electrons. The molecule has 26 heavy (non-hydrogen) atoms. The molecule has 136 valence electrons. The highest BCUT2D eigenvalue weighted by Crippen LogP contribution is 2.21. The summed E-state index contributed by atoms with van der Waals surface area (Å²) in [5.74, 6) is 3.20. The van der Waals surface area contributed by atoms with Crippen LogP contribution in [-0.4, -0.2) is 35.3 Å². The molecule has 4 heterocycles. The first kappa shape index (κ1) is 18.2. The van der Waals surface area contributed by atoms with Gasteiger partial charge in [-0.25, -0.2) is 9.98 Å². The van der Waals surface area contributed by atoms with Crippen molar-refractivity contribution in [2.45, 2.75) is 27.7 Å². The summed E-state index contributed by atoms with van der Waals surface area (Å²) in [4.78, 5) is 13.1. The van der Waals surface area contributed by atoms with E-state index in [9.17, 15) is 0 Å². The molecule has 4 heteroatoms. The maximum Gasteiger partial charge on any atom is 0.132 e. The summed E-state index contributed by atoms with van der Waals surface area (Å²) in [5.41, 5.74) is 2.60. The van der Waals surface area contributed by atoms with Crippen LogP contribution in [-0.2, 0) is 0 Å². The zero-order valence-electron chi connectivity index (χ0n) is 16.1.